The number of nitrogens with two attached hydrogens (primary N) is 1. The largest absolute Gasteiger partial charge is 0.480 e. The van der Waals surface area contributed by atoms with Crippen molar-refractivity contribution in [1.82, 2.24) is 4.72 Å². The molecule has 1 amide bonds. The zero-order valence-corrected chi connectivity index (χ0v) is 11.3. The normalized spacial score (nSPS) is 11.6. The van der Waals surface area contributed by atoms with Crippen LogP contribution in [0.1, 0.15) is 12.0 Å². The lowest BCUT2D eigenvalue weighted by Gasteiger charge is -2.04. The van der Waals surface area contributed by atoms with Crippen molar-refractivity contribution in [3.05, 3.63) is 35.9 Å². The Balaban J connectivity index is 2.77. The van der Waals surface area contributed by atoms with Crippen molar-refractivity contribution in [1.29, 1.82) is 0 Å². The second-order valence-electron chi connectivity index (χ2n) is 3.86. The Morgan fingerprint density at radius 2 is 1.85 bits per heavy atom. The Morgan fingerprint density at radius 1 is 1.25 bits per heavy atom. The number of carbonyl (C=O) groups excluding carboxylic acids is 1. The Morgan fingerprint density at radius 3 is 2.35 bits per heavy atom. The monoisotopic (exact) mass is 298 g/mol. The van der Waals surface area contributed by atoms with Crippen molar-refractivity contribution in [3.8, 4) is 0 Å². The first-order chi connectivity index (χ1) is 9.31. The minimum Gasteiger partial charge on any atom is -0.480 e. The minimum absolute atomic E-state index is 0.0363. The second kappa shape index (κ2) is 6.83. The van der Waals surface area contributed by atoms with Crippen LogP contribution < -0.4 is 10.5 Å². The molecule has 0 fully saturated rings. The second-order valence-corrected chi connectivity index (χ2v) is 5.63. The van der Waals surface area contributed by atoms with E-state index in [9.17, 15) is 18.0 Å². The molecule has 0 saturated carbocycles. The number of carboxylic acid groups (broad SMARTS) is 1. The van der Waals surface area contributed by atoms with E-state index in [-0.39, 0.29) is 11.3 Å². The molecule has 1 aromatic rings. The molecule has 8 heteroatoms. The summed E-state index contributed by atoms with van der Waals surface area (Å²) in [5.74, 6) is -1.72. The van der Waals surface area contributed by atoms with Gasteiger partial charge in [0.2, 0.25) is 15.9 Å². The van der Waals surface area contributed by atoms with Gasteiger partial charge >= 0.3 is 5.97 Å². The maximum Gasteiger partial charge on any atom is 0.318 e. The molecular weight excluding hydrogens is 284 g/mol. The van der Waals surface area contributed by atoms with Crippen LogP contribution in [0, 0.1) is 0 Å². The fraction of sp³-hybridized carbons (Fsp3) is 0.167. The van der Waals surface area contributed by atoms with Gasteiger partial charge in [-0.15, -0.1) is 0 Å². The van der Waals surface area contributed by atoms with E-state index in [0.29, 0.717) is 5.56 Å². The predicted octanol–water partition coefficient (Wildman–Crippen LogP) is -0.0619. The van der Waals surface area contributed by atoms with E-state index in [1.807, 2.05) is 4.72 Å². The number of carbonyl (C=O) groups is 2. The maximum absolute atomic E-state index is 11.7. The smallest absolute Gasteiger partial charge is 0.318 e. The third kappa shape index (κ3) is 5.21. The van der Waals surface area contributed by atoms with Gasteiger partial charge in [0.1, 0.15) is 6.54 Å². The van der Waals surface area contributed by atoms with Crippen LogP contribution >= 0.6 is 0 Å². The van der Waals surface area contributed by atoms with E-state index in [0.717, 1.165) is 0 Å². The van der Waals surface area contributed by atoms with E-state index in [1.165, 1.54) is 24.3 Å². The minimum atomic E-state index is -3.84. The number of hydrogen-bond acceptors (Lipinski definition) is 4. The van der Waals surface area contributed by atoms with Gasteiger partial charge in [-0.05, 0) is 17.7 Å². The van der Waals surface area contributed by atoms with Gasteiger partial charge in [-0.1, -0.05) is 24.3 Å². The molecule has 0 aliphatic carbocycles. The van der Waals surface area contributed by atoms with Gasteiger partial charge in [0, 0.05) is 6.42 Å². The Hall–Kier alpha value is -2.19. The Labute approximate surface area is 116 Å². The molecule has 20 heavy (non-hydrogen) atoms. The van der Waals surface area contributed by atoms with E-state index >= 15 is 0 Å². The number of primary amides is 1. The summed E-state index contributed by atoms with van der Waals surface area (Å²) < 4.78 is 25.3. The molecule has 7 nitrogen and oxygen atoms in total. The first-order valence-corrected chi connectivity index (χ1v) is 7.06. The summed E-state index contributed by atoms with van der Waals surface area (Å²) in [4.78, 5) is 20.8. The molecule has 108 valence electrons. The number of sulfonamides is 1. The average Bonchev–Trinajstić information content (AvgIpc) is 2.37. The number of benzene rings is 1. The van der Waals surface area contributed by atoms with E-state index in [1.54, 1.807) is 12.2 Å². The highest BCUT2D eigenvalue weighted by molar-refractivity contribution is 7.89. The topological polar surface area (TPSA) is 127 Å². The van der Waals surface area contributed by atoms with E-state index < -0.39 is 28.4 Å². The molecule has 0 radical (unpaired) electrons. The number of aliphatic carboxylic acids is 1. The first-order valence-electron chi connectivity index (χ1n) is 5.57. The zero-order valence-electron chi connectivity index (χ0n) is 10.4. The van der Waals surface area contributed by atoms with Gasteiger partial charge in [0.25, 0.3) is 0 Å². The molecule has 1 rings (SSSR count). The van der Waals surface area contributed by atoms with Crippen LogP contribution in [0.25, 0.3) is 6.08 Å². The first kappa shape index (κ1) is 15.9. The summed E-state index contributed by atoms with van der Waals surface area (Å²) >= 11 is 0. The molecule has 1 aromatic carbocycles. The summed E-state index contributed by atoms with van der Waals surface area (Å²) in [6, 6.07) is 5.75. The lowest BCUT2D eigenvalue weighted by Crippen LogP contribution is -2.29. The molecule has 0 aromatic heterocycles. The van der Waals surface area contributed by atoms with Crippen LogP contribution in [-0.2, 0) is 19.6 Å². The Kier molecular flexibility index (Phi) is 5.42. The van der Waals surface area contributed by atoms with Gasteiger partial charge in [0.15, 0.2) is 0 Å². The van der Waals surface area contributed by atoms with E-state index in [2.05, 4.69) is 0 Å². The van der Waals surface area contributed by atoms with Crippen molar-refractivity contribution in [2.24, 2.45) is 5.73 Å². The highest BCUT2D eigenvalue weighted by Crippen LogP contribution is 2.11. The molecule has 0 unspecified atom stereocenters. The summed E-state index contributed by atoms with van der Waals surface area (Å²) in [5.41, 5.74) is 5.67. The van der Waals surface area contributed by atoms with Crippen LogP contribution in [0.3, 0.4) is 0 Å². The van der Waals surface area contributed by atoms with Gasteiger partial charge in [0.05, 0.1) is 4.90 Å². The van der Waals surface area contributed by atoms with Crippen LogP contribution in [0.4, 0.5) is 0 Å². The number of hydrogen-bond donors (Lipinski definition) is 3. The van der Waals surface area contributed by atoms with Crippen molar-refractivity contribution >= 4 is 28.0 Å². The lowest BCUT2D eigenvalue weighted by atomic mass is 10.2. The van der Waals surface area contributed by atoms with Gasteiger partial charge in [-0.3, -0.25) is 9.59 Å². The van der Waals surface area contributed by atoms with Crippen LogP contribution in [-0.4, -0.2) is 31.9 Å². The van der Waals surface area contributed by atoms with E-state index in [4.69, 9.17) is 10.8 Å². The highest BCUT2D eigenvalue weighted by Gasteiger charge is 2.14. The number of carboxylic acids is 1. The molecule has 0 atom stereocenters. The molecule has 0 spiro atoms. The highest BCUT2D eigenvalue weighted by atomic mass is 32.2. The molecule has 4 N–H and O–H groups in total. The molecule has 0 bridgehead atoms. The molecule has 0 saturated heterocycles. The van der Waals surface area contributed by atoms with Crippen molar-refractivity contribution in [2.45, 2.75) is 11.3 Å². The predicted molar refractivity (Wildman–Crippen MR) is 72.1 cm³/mol. The Bertz CT molecular complexity index is 620. The number of amides is 1. The number of rotatable bonds is 7. The van der Waals surface area contributed by atoms with Gasteiger partial charge < -0.3 is 10.8 Å². The average molecular weight is 298 g/mol. The van der Waals surface area contributed by atoms with Crippen LogP contribution in [0.15, 0.2) is 35.2 Å². The molecule has 0 aliphatic heterocycles. The van der Waals surface area contributed by atoms with Crippen molar-refractivity contribution in [2.75, 3.05) is 6.54 Å². The number of nitrogens with one attached hydrogen (secondary N) is 1. The SMILES string of the molecule is NC(=O)CC=Cc1ccc(S(=O)(=O)NCC(=O)O)cc1. The fourth-order valence-electron chi connectivity index (χ4n) is 1.31. The van der Waals surface area contributed by atoms with Crippen molar-refractivity contribution in [3.63, 3.8) is 0 Å². The van der Waals surface area contributed by atoms with Gasteiger partial charge in [-0.2, -0.15) is 4.72 Å². The van der Waals surface area contributed by atoms with Crippen molar-refractivity contribution < 1.29 is 23.1 Å². The third-order valence-corrected chi connectivity index (χ3v) is 3.65. The molecule has 0 heterocycles. The molecule has 0 aliphatic rings. The maximum atomic E-state index is 11.7. The third-order valence-electron chi connectivity index (χ3n) is 2.23. The molecular formula is C12H14N2O5S. The fourth-order valence-corrected chi connectivity index (χ4v) is 2.28. The van der Waals surface area contributed by atoms with Crippen LogP contribution in [0.5, 0.6) is 0 Å². The quantitative estimate of drug-likeness (QED) is 0.650. The summed E-state index contributed by atoms with van der Waals surface area (Å²) in [6.45, 7) is -0.678. The summed E-state index contributed by atoms with van der Waals surface area (Å²) in [6.07, 6.45) is 3.29. The zero-order chi connectivity index (χ0) is 15.2. The van der Waals surface area contributed by atoms with Crippen LogP contribution in [0.2, 0.25) is 0 Å². The van der Waals surface area contributed by atoms with Gasteiger partial charge in [-0.25, -0.2) is 8.42 Å². The standard InChI is InChI=1S/C12H14N2O5S/c13-11(15)3-1-2-9-4-6-10(7-5-9)20(18,19)14-8-12(16)17/h1-2,4-7,14H,3,8H2,(H2,13,15)(H,16,17). The lowest BCUT2D eigenvalue weighted by molar-refractivity contribution is -0.135. The summed E-state index contributed by atoms with van der Waals surface area (Å²) in [5, 5.41) is 8.44. The summed E-state index contributed by atoms with van der Waals surface area (Å²) in [7, 11) is -3.84.